The highest BCUT2D eigenvalue weighted by atomic mass is 32.1. The van der Waals surface area contributed by atoms with Crippen molar-refractivity contribution >= 4 is 40.2 Å². The number of benzene rings is 1. The Morgan fingerprint density at radius 1 is 1.16 bits per heavy atom. The first-order chi connectivity index (χ1) is 18.2. The van der Waals surface area contributed by atoms with E-state index in [1.165, 1.54) is 22.3 Å². The summed E-state index contributed by atoms with van der Waals surface area (Å²) in [7, 11) is 0. The van der Waals surface area contributed by atoms with Crippen LogP contribution in [-0.2, 0) is 14.4 Å². The van der Waals surface area contributed by atoms with Gasteiger partial charge in [0.25, 0.3) is 5.91 Å². The maximum Gasteiger partial charge on any atom is 0.330 e. The number of amides is 2. The fourth-order valence-electron chi connectivity index (χ4n) is 5.07. The van der Waals surface area contributed by atoms with Gasteiger partial charge in [-0.2, -0.15) is 0 Å². The number of aliphatic carboxylic acids is 1. The van der Waals surface area contributed by atoms with E-state index in [1.807, 2.05) is 41.8 Å². The van der Waals surface area contributed by atoms with Gasteiger partial charge >= 0.3 is 5.97 Å². The summed E-state index contributed by atoms with van der Waals surface area (Å²) in [5.41, 5.74) is -1.02. The third-order valence-corrected chi connectivity index (χ3v) is 8.42. The van der Waals surface area contributed by atoms with Gasteiger partial charge in [-0.1, -0.05) is 24.3 Å². The van der Waals surface area contributed by atoms with Gasteiger partial charge in [-0.15, -0.1) is 17.9 Å². The SMILES string of the molecule is C=C[C@@H]1C[C@]1(NC(=O)[C@@H]1C[C@@H](Oc2nc3ccccc3nc2-c2cccs2)CN1C(=O)C1(O)CC1)C(=O)O. The first-order valence-corrected chi connectivity index (χ1v) is 13.3. The molecule has 1 saturated heterocycles. The van der Waals surface area contributed by atoms with Crippen LogP contribution >= 0.6 is 11.3 Å². The lowest BCUT2D eigenvalue weighted by atomic mass is 10.1. The minimum absolute atomic E-state index is 0.0442. The molecule has 2 aromatic heterocycles. The van der Waals surface area contributed by atoms with E-state index in [0.29, 0.717) is 29.6 Å². The van der Waals surface area contributed by atoms with Crippen LogP contribution in [-0.4, -0.2) is 72.7 Å². The molecule has 3 aliphatic rings. The molecule has 2 aliphatic carbocycles. The molecule has 0 radical (unpaired) electrons. The number of hydrogen-bond acceptors (Lipinski definition) is 8. The highest BCUT2D eigenvalue weighted by molar-refractivity contribution is 7.13. The van der Waals surface area contributed by atoms with Gasteiger partial charge in [-0.05, 0) is 42.8 Å². The molecule has 10 nitrogen and oxygen atoms in total. The molecule has 2 saturated carbocycles. The summed E-state index contributed by atoms with van der Waals surface area (Å²) in [4.78, 5) is 50.1. The first kappa shape index (κ1) is 24.5. The smallest absolute Gasteiger partial charge is 0.330 e. The average molecular weight is 535 g/mol. The Morgan fingerprint density at radius 2 is 1.89 bits per heavy atom. The van der Waals surface area contributed by atoms with Crippen LogP contribution in [0, 0.1) is 5.92 Å². The number of likely N-dealkylation sites (tertiary alicyclic amines) is 1. The van der Waals surface area contributed by atoms with Gasteiger partial charge in [0.1, 0.15) is 29.0 Å². The summed E-state index contributed by atoms with van der Waals surface area (Å²) in [6.45, 7) is 3.70. The topological polar surface area (TPSA) is 142 Å². The van der Waals surface area contributed by atoms with Crippen molar-refractivity contribution < 1.29 is 29.3 Å². The van der Waals surface area contributed by atoms with Crippen molar-refractivity contribution in [3.63, 3.8) is 0 Å². The van der Waals surface area contributed by atoms with Gasteiger partial charge in [0.2, 0.25) is 11.8 Å². The van der Waals surface area contributed by atoms with E-state index in [2.05, 4.69) is 16.9 Å². The molecule has 1 aliphatic heterocycles. The second-order valence-electron chi connectivity index (χ2n) is 10.1. The van der Waals surface area contributed by atoms with Gasteiger partial charge in [0, 0.05) is 12.3 Å². The van der Waals surface area contributed by atoms with Gasteiger partial charge in [0.15, 0.2) is 0 Å². The Balaban J connectivity index is 1.30. The van der Waals surface area contributed by atoms with Gasteiger partial charge in [0.05, 0.1) is 22.5 Å². The minimum Gasteiger partial charge on any atom is -0.479 e. The van der Waals surface area contributed by atoms with E-state index in [9.17, 15) is 24.6 Å². The molecule has 0 spiro atoms. The summed E-state index contributed by atoms with van der Waals surface area (Å²) in [5, 5.41) is 24.9. The van der Waals surface area contributed by atoms with Crippen LogP contribution in [0.15, 0.2) is 54.4 Å². The zero-order valence-electron chi connectivity index (χ0n) is 20.4. The maximum absolute atomic E-state index is 13.4. The Morgan fingerprint density at radius 3 is 2.50 bits per heavy atom. The standard InChI is InChI=1S/C27H26N4O6S/c1-2-15-13-27(15,25(34)35)30-22(32)19-12-16(14-31(19)24(33)26(36)9-10-26)37-23-21(20-8-5-11-38-20)28-17-6-3-4-7-18(17)29-23/h2-8,11,15-16,19,36H,1,9-10,12-14H2,(H,30,32)(H,34,35)/t15-,16-,19+,27-/m1/s1. The van der Waals surface area contributed by atoms with E-state index in [-0.39, 0.29) is 25.3 Å². The third-order valence-electron chi connectivity index (χ3n) is 7.55. The summed E-state index contributed by atoms with van der Waals surface area (Å²) < 4.78 is 6.31. The van der Waals surface area contributed by atoms with Crippen LogP contribution in [0.1, 0.15) is 25.7 Å². The molecule has 3 heterocycles. The molecule has 0 unspecified atom stereocenters. The molecule has 2 amide bonds. The number of ether oxygens (including phenoxy) is 1. The number of hydrogen-bond donors (Lipinski definition) is 3. The number of para-hydroxylation sites is 2. The predicted octanol–water partition coefficient (Wildman–Crippen LogP) is 2.38. The molecule has 0 bridgehead atoms. The van der Waals surface area contributed by atoms with Crippen LogP contribution in [0.5, 0.6) is 5.88 Å². The number of fused-ring (bicyclic) bond motifs is 1. The number of rotatable bonds is 8. The zero-order chi connectivity index (χ0) is 26.7. The molecule has 3 fully saturated rings. The molecule has 3 aromatic rings. The molecular weight excluding hydrogens is 508 g/mol. The first-order valence-electron chi connectivity index (χ1n) is 12.4. The fraction of sp³-hybridized carbons (Fsp3) is 0.370. The summed E-state index contributed by atoms with van der Waals surface area (Å²) in [6, 6.07) is 10.2. The molecule has 3 N–H and O–H groups in total. The van der Waals surface area contributed by atoms with Crippen LogP contribution in [0.4, 0.5) is 0 Å². The molecule has 4 atom stereocenters. The summed E-state index contributed by atoms with van der Waals surface area (Å²) in [6.07, 6.45) is 1.87. The van der Waals surface area contributed by atoms with E-state index in [4.69, 9.17) is 9.72 Å². The molecule has 196 valence electrons. The highest BCUT2D eigenvalue weighted by Crippen LogP contribution is 2.45. The van der Waals surface area contributed by atoms with Crippen molar-refractivity contribution in [1.82, 2.24) is 20.2 Å². The van der Waals surface area contributed by atoms with E-state index in [1.54, 1.807) is 0 Å². The zero-order valence-corrected chi connectivity index (χ0v) is 21.2. The fourth-order valence-corrected chi connectivity index (χ4v) is 5.78. The average Bonchev–Trinajstić information content (AvgIpc) is 3.66. The molecular formula is C27H26N4O6S. The Bertz CT molecular complexity index is 1460. The van der Waals surface area contributed by atoms with Crippen molar-refractivity contribution in [3.05, 3.63) is 54.4 Å². The predicted molar refractivity (Wildman–Crippen MR) is 138 cm³/mol. The van der Waals surface area contributed by atoms with Crippen LogP contribution in [0.3, 0.4) is 0 Å². The lowest BCUT2D eigenvalue weighted by molar-refractivity contribution is -0.149. The normalized spacial score (nSPS) is 27.1. The van der Waals surface area contributed by atoms with E-state index < -0.39 is 47.0 Å². The van der Waals surface area contributed by atoms with Crippen molar-refractivity contribution in [2.45, 2.75) is 49.0 Å². The lowest BCUT2D eigenvalue weighted by Gasteiger charge is -2.27. The number of carbonyl (C=O) groups is 3. The van der Waals surface area contributed by atoms with Gasteiger partial charge < -0.3 is 25.2 Å². The minimum atomic E-state index is -1.49. The molecule has 1 aromatic carbocycles. The largest absolute Gasteiger partial charge is 0.479 e. The second kappa shape index (κ2) is 8.88. The number of nitrogens with one attached hydrogen (secondary N) is 1. The Kier molecular flexibility index (Phi) is 5.73. The monoisotopic (exact) mass is 534 g/mol. The quantitative estimate of drug-likeness (QED) is 0.374. The Labute approximate surface area is 222 Å². The molecule has 6 rings (SSSR count). The van der Waals surface area contributed by atoms with Crippen LogP contribution < -0.4 is 10.1 Å². The number of aromatic nitrogens is 2. The number of nitrogens with zero attached hydrogens (tertiary/aromatic N) is 3. The van der Waals surface area contributed by atoms with Crippen LogP contribution in [0.2, 0.25) is 0 Å². The Hall–Kier alpha value is -3.83. The number of thiophene rings is 1. The van der Waals surface area contributed by atoms with E-state index in [0.717, 1.165) is 4.88 Å². The van der Waals surface area contributed by atoms with Crippen LogP contribution in [0.25, 0.3) is 21.6 Å². The second-order valence-corrected chi connectivity index (χ2v) is 11.1. The highest BCUT2D eigenvalue weighted by Gasteiger charge is 2.62. The van der Waals surface area contributed by atoms with Gasteiger partial charge in [-0.3, -0.25) is 9.59 Å². The van der Waals surface area contributed by atoms with Gasteiger partial charge in [-0.25, -0.2) is 14.8 Å². The number of carbonyl (C=O) groups excluding carboxylic acids is 2. The molecule has 38 heavy (non-hydrogen) atoms. The molecule has 11 heteroatoms. The lowest BCUT2D eigenvalue weighted by Crippen LogP contribution is -2.54. The van der Waals surface area contributed by atoms with Crippen molar-refractivity contribution in [1.29, 1.82) is 0 Å². The van der Waals surface area contributed by atoms with Crippen molar-refractivity contribution in [3.8, 4) is 16.5 Å². The van der Waals surface area contributed by atoms with Crippen molar-refractivity contribution in [2.75, 3.05) is 6.54 Å². The number of aliphatic hydroxyl groups is 1. The van der Waals surface area contributed by atoms with E-state index >= 15 is 0 Å². The summed E-state index contributed by atoms with van der Waals surface area (Å²) >= 11 is 1.49. The van der Waals surface area contributed by atoms with Crippen molar-refractivity contribution in [2.24, 2.45) is 5.92 Å². The third kappa shape index (κ3) is 4.11. The number of carboxylic acid groups (broad SMARTS) is 1. The maximum atomic E-state index is 13.4. The number of carboxylic acids is 1. The summed E-state index contributed by atoms with van der Waals surface area (Å²) in [5.74, 6) is -2.40.